The monoisotopic (exact) mass is 1890 g/mol. The molecule has 20 heteroatoms. The van der Waals surface area contributed by atoms with Crippen LogP contribution in [0.3, 0.4) is 0 Å². The Morgan fingerprint density at radius 3 is 0.594 bits per heavy atom. The van der Waals surface area contributed by atoms with E-state index in [1.54, 1.807) is 12.1 Å². The van der Waals surface area contributed by atoms with Gasteiger partial charge in [-0.2, -0.15) is 8.42 Å². The first-order valence-electron chi connectivity index (χ1n) is 33.9. The van der Waals surface area contributed by atoms with Gasteiger partial charge in [-0.25, -0.2) is 8.42 Å². The van der Waals surface area contributed by atoms with Crippen molar-refractivity contribution in [1.82, 2.24) is 0 Å². The molecule has 6 nitrogen and oxygen atoms in total. The molecule has 10 aromatic carbocycles. The van der Waals surface area contributed by atoms with Gasteiger partial charge in [-0.05, 0) is 194 Å². The van der Waals surface area contributed by atoms with E-state index in [-0.39, 0.29) is 124 Å². The molecule has 106 heavy (non-hydrogen) atoms. The van der Waals surface area contributed by atoms with E-state index in [9.17, 15) is 33.6 Å². The minimum Gasteiger partial charge on any atom is -1.00 e. The molecule has 0 aliphatic rings. The normalized spacial score (nSPS) is 12.6. The molecule has 0 unspecified atom stereocenters. The predicted molar refractivity (Wildman–Crippen MR) is 415 cm³/mol. The van der Waals surface area contributed by atoms with Crippen LogP contribution in [0.4, 0.5) is 25.2 Å². The van der Waals surface area contributed by atoms with Gasteiger partial charge >= 0.3 is 96.6 Å². The molecule has 0 radical (unpaired) electrons. The second-order valence-electron chi connectivity index (χ2n) is 31.0. The van der Waals surface area contributed by atoms with Crippen molar-refractivity contribution in [3.8, 4) is 0 Å². The van der Waals surface area contributed by atoms with Crippen LogP contribution in [0.15, 0.2) is 280 Å². The average molecular weight is 1890 g/mol. The molecule has 0 amide bonds. The molecule has 0 aliphatic heterocycles. The number of hydrogen-bond acceptors (Lipinski definition) is 5. The Kier molecular flexibility index (Phi) is 35.1. The van der Waals surface area contributed by atoms with Gasteiger partial charge in [0.25, 0.3) is 10.1 Å². The van der Waals surface area contributed by atoms with Crippen molar-refractivity contribution >= 4 is 38.9 Å². The van der Waals surface area contributed by atoms with Gasteiger partial charge in [-0.15, -0.1) is 0 Å². The number of aryl methyl sites for hydroxylation is 1. The fourth-order valence-electron chi connectivity index (χ4n) is 9.24. The number of rotatable bonds is 10. The zero-order valence-electron chi connectivity index (χ0n) is 64.3. The van der Waals surface area contributed by atoms with Gasteiger partial charge in [0, 0.05) is 6.26 Å². The molecule has 0 atom stereocenters. The van der Waals surface area contributed by atoms with Gasteiger partial charge in [-0.3, -0.25) is 4.55 Å². The summed E-state index contributed by atoms with van der Waals surface area (Å²) in [5.41, 5.74) is 10.9. The third-order valence-electron chi connectivity index (χ3n) is 15.2. The molecule has 10 rings (SSSR count). The van der Waals surface area contributed by atoms with Gasteiger partial charge in [0.05, 0.1) is 25.9 Å². The van der Waals surface area contributed by atoms with Crippen LogP contribution in [0.5, 0.6) is 0 Å². The average Bonchev–Trinajstić information content (AvgIpc) is 0.787. The Bertz CT molecular complexity index is 3950. The molecule has 0 saturated carbocycles. The largest absolute Gasteiger partial charge is 1.00 e. The second-order valence-corrected chi connectivity index (χ2v) is 46.9. The van der Waals surface area contributed by atoms with E-state index < -0.39 is 28.0 Å². The van der Waals surface area contributed by atoms with Crippen LogP contribution in [0.2, 0.25) is 0 Å². The number of benzene rings is 10. The number of hydrogen-bond donors (Lipinski definition) is 1. The first kappa shape index (κ1) is 95.1. The predicted octanol–water partition coefficient (Wildman–Crippen LogP) is 12.8. The molecule has 0 fully saturated rings. The molecular formula is C86H104ClF6I3O6PS3+. The standard InChI is InChI=1S/3C20H26I.C18H15S.C7H8O3S.CH4O3S.ClH.F6P/c3*1-19(2,3)15-7-11-17(12-8-15)21-18-13-9-16(10-14-18)20(4,5)6;1-4-10-16(11-5-1)19(17-12-6-2-7-13-17)18-14-8-3-9-15-18;1-6-2-4-7(5-3-6)11(8,9)10;1-5(2,3)4;;1-7(2,3,4,5)6/h3*7-14H,1-6H3;1-15H;2-5H,1H3,(H,8,9,10);1H3,(H,2,3,4);1H;/q4*+1;;;;-1/p-2. The maximum Gasteiger partial charge on any atom is 0.166 e. The zero-order chi connectivity index (χ0) is 79.3. The van der Waals surface area contributed by atoms with Crippen molar-refractivity contribution in [3.05, 3.63) is 321 Å². The molecular weight excluding hydrogens is 1790 g/mol. The van der Waals surface area contributed by atoms with Crippen molar-refractivity contribution in [1.29, 1.82) is 0 Å². The third-order valence-corrected chi connectivity index (χ3v) is 26.3. The van der Waals surface area contributed by atoms with Crippen LogP contribution in [0, 0.1) is 28.3 Å². The van der Waals surface area contributed by atoms with Crippen LogP contribution in [-0.2, 0) is 63.6 Å². The Morgan fingerprint density at radius 2 is 0.462 bits per heavy atom. The summed E-state index contributed by atoms with van der Waals surface area (Å²) in [4.78, 5) is 4.02. The van der Waals surface area contributed by atoms with E-state index in [1.807, 2.05) is 6.92 Å². The fourth-order valence-corrected chi connectivity index (χ4v) is 18.3. The van der Waals surface area contributed by atoms with Crippen molar-refractivity contribution < 1.29 is 127 Å². The molecule has 0 aliphatic carbocycles. The molecule has 10 aromatic rings. The third kappa shape index (κ3) is 39.5. The Morgan fingerprint density at radius 1 is 0.311 bits per heavy atom. The summed E-state index contributed by atoms with van der Waals surface area (Å²) in [6, 6.07) is 93.4. The van der Waals surface area contributed by atoms with Gasteiger partial charge in [-0.1, -0.05) is 270 Å². The minimum absolute atomic E-state index is 0. The summed E-state index contributed by atoms with van der Waals surface area (Å²) < 4.78 is 125. The van der Waals surface area contributed by atoms with E-state index in [4.69, 9.17) is 17.5 Å². The summed E-state index contributed by atoms with van der Waals surface area (Å²) in [6.07, 6.45) is 0.604. The van der Waals surface area contributed by atoms with Gasteiger partial charge in [0.1, 0.15) is 0 Å². The van der Waals surface area contributed by atoms with Crippen molar-refractivity contribution in [2.45, 2.75) is 184 Å². The van der Waals surface area contributed by atoms with E-state index >= 15 is 0 Å². The van der Waals surface area contributed by atoms with Crippen LogP contribution in [-0.4, -0.2) is 32.2 Å². The second kappa shape index (κ2) is 39.2. The fraction of sp³-hybridized carbons (Fsp3) is 0.302. The van der Waals surface area contributed by atoms with Crippen molar-refractivity contribution in [3.63, 3.8) is 0 Å². The molecule has 1 N–H and O–H groups in total. The van der Waals surface area contributed by atoms with Crippen molar-refractivity contribution in [2.24, 2.45) is 0 Å². The quantitative estimate of drug-likeness (QED) is 0.0480. The SMILES string of the molecule is CC(C)(C)c1ccc([I+]c2ccc(C(C)(C)C)cc2)cc1.CC(C)(C)c1ccc([I+]c2ccc(C(C)(C)C)cc2)cc1.CC(C)(C)c1ccc([I+]c2ccc(C(C)(C)C)cc2)cc1.CS(=O)(=O)[O-].Cc1ccc(S(=O)(=O)O)cc1.F[P-](F)(F)(F)(F)F.[Cl-].c1ccc([S+](c2ccccc2)c2ccccc2)cc1. The Balaban J connectivity index is 0.000000333. The first-order valence-corrected chi connectivity index (χ1v) is 46.9. The van der Waals surface area contributed by atoms with Crippen molar-refractivity contribution in [2.75, 3.05) is 6.26 Å². The van der Waals surface area contributed by atoms with E-state index in [0.717, 1.165) is 5.56 Å². The number of halogens is 10. The summed E-state index contributed by atoms with van der Waals surface area (Å²) >= 11 is -0.211. The summed E-state index contributed by atoms with van der Waals surface area (Å²) in [7, 11) is -18.6. The van der Waals surface area contributed by atoms with Gasteiger partial charge in [0.15, 0.2) is 36.1 Å². The Hall–Kier alpha value is -5.14. The zero-order valence-corrected chi connectivity index (χ0v) is 74.8. The molecule has 0 aromatic heterocycles. The minimum atomic E-state index is -10.7. The Labute approximate surface area is 670 Å². The first-order chi connectivity index (χ1) is 47.9. The van der Waals surface area contributed by atoms with Crippen LogP contribution >= 0.6 is 7.81 Å². The van der Waals surface area contributed by atoms with E-state index in [1.165, 1.54) is 81.6 Å². The van der Waals surface area contributed by atoms with E-state index in [2.05, 4.69) is 361 Å². The topological polar surface area (TPSA) is 112 Å². The maximum atomic E-state index is 10.5. The maximum absolute atomic E-state index is 10.7. The summed E-state index contributed by atoms with van der Waals surface area (Å²) in [5.74, 6) is 0. The molecule has 0 bridgehead atoms. The van der Waals surface area contributed by atoms with Crippen LogP contribution in [0.1, 0.15) is 164 Å². The molecule has 0 spiro atoms. The van der Waals surface area contributed by atoms with Gasteiger partial charge in [0.2, 0.25) is 0 Å². The molecule has 576 valence electrons. The summed E-state index contributed by atoms with van der Waals surface area (Å²) in [5, 5.41) is 0. The molecule has 0 heterocycles. The van der Waals surface area contributed by atoms with E-state index in [0.29, 0.717) is 6.26 Å². The van der Waals surface area contributed by atoms with Gasteiger partial charge < -0.3 is 17.0 Å². The van der Waals surface area contributed by atoms with Crippen LogP contribution in [0.25, 0.3) is 0 Å². The summed E-state index contributed by atoms with van der Waals surface area (Å²) in [6.45, 7) is 42.6. The molecule has 0 saturated heterocycles. The van der Waals surface area contributed by atoms with Crippen LogP contribution < -0.4 is 76.0 Å². The smallest absolute Gasteiger partial charge is 0.166 e.